The van der Waals surface area contributed by atoms with Gasteiger partial charge in [0.15, 0.2) is 0 Å². The Bertz CT molecular complexity index is 1060. The van der Waals surface area contributed by atoms with Crippen LogP contribution in [0.15, 0.2) is 47.4 Å². The van der Waals surface area contributed by atoms with Crippen LogP contribution >= 0.6 is 23.2 Å². The molecule has 2 aromatic carbocycles. The fourth-order valence-electron chi connectivity index (χ4n) is 4.27. The van der Waals surface area contributed by atoms with Gasteiger partial charge in [-0.3, -0.25) is 4.79 Å². The zero-order valence-electron chi connectivity index (χ0n) is 16.0. The lowest BCUT2D eigenvalue weighted by Crippen LogP contribution is -2.48. The Labute approximate surface area is 181 Å². The summed E-state index contributed by atoms with van der Waals surface area (Å²) in [5.74, 6) is -0.398. The molecule has 29 heavy (non-hydrogen) atoms. The maximum atomic E-state index is 13.4. The predicted molar refractivity (Wildman–Crippen MR) is 115 cm³/mol. The molecule has 0 unspecified atom stereocenters. The minimum absolute atomic E-state index is 0.0142. The first kappa shape index (κ1) is 20.7. The van der Waals surface area contributed by atoms with Crippen LogP contribution in [-0.4, -0.2) is 37.8 Å². The molecular formula is C21H22Cl2N2O3S. The summed E-state index contributed by atoms with van der Waals surface area (Å²) in [6, 6.07) is 12.4. The van der Waals surface area contributed by atoms with Gasteiger partial charge in [-0.15, -0.1) is 0 Å². The van der Waals surface area contributed by atoms with Crippen molar-refractivity contribution in [3.05, 3.63) is 58.1 Å². The van der Waals surface area contributed by atoms with Gasteiger partial charge in [0.1, 0.15) is 4.90 Å². The largest absolute Gasteiger partial charge is 0.309 e. The molecule has 5 nitrogen and oxygen atoms in total. The summed E-state index contributed by atoms with van der Waals surface area (Å²) in [4.78, 5) is 15.2. The van der Waals surface area contributed by atoms with Gasteiger partial charge in [0, 0.05) is 29.8 Å². The van der Waals surface area contributed by atoms with E-state index in [2.05, 4.69) is 0 Å². The number of piperidine rings is 1. The second kappa shape index (κ2) is 7.91. The Hall–Kier alpha value is -1.60. The molecule has 2 aliphatic heterocycles. The number of anilines is 1. The van der Waals surface area contributed by atoms with E-state index in [0.717, 1.165) is 17.7 Å². The average molecular weight is 453 g/mol. The molecule has 0 aromatic heterocycles. The molecular weight excluding hydrogens is 431 g/mol. The molecule has 0 saturated carbocycles. The van der Waals surface area contributed by atoms with Crippen molar-refractivity contribution in [1.82, 2.24) is 4.31 Å². The highest BCUT2D eigenvalue weighted by Gasteiger charge is 2.39. The number of carbonyl (C=O) groups is 1. The van der Waals surface area contributed by atoms with Gasteiger partial charge in [-0.1, -0.05) is 41.4 Å². The second-order valence-corrected chi connectivity index (χ2v) is 10.4. The van der Waals surface area contributed by atoms with E-state index in [1.807, 2.05) is 36.1 Å². The predicted octanol–water partition coefficient (Wildman–Crippen LogP) is 4.37. The lowest BCUT2D eigenvalue weighted by atomic mass is 9.97. The number of para-hydroxylation sites is 1. The molecule has 2 aromatic rings. The van der Waals surface area contributed by atoms with Crippen molar-refractivity contribution in [1.29, 1.82) is 0 Å². The zero-order chi connectivity index (χ0) is 20.8. The number of hydrogen-bond donors (Lipinski definition) is 0. The molecule has 0 bridgehead atoms. The summed E-state index contributed by atoms with van der Waals surface area (Å²) in [7, 11) is -3.83. The molecule has 0 radical (unpaired) electrons. The lowest BCUT2D eigenvalue weighted by Gasteiger charge is -2.34. The molecule has 154 valence electrons. The molecule has 4 rings (SSSR count). The van der Waals surface area contributed by atoms with Crippen molar-refractivity contribution < 1.29 is 13.2 Å². The van der Waals surface area contributed by atoms with Gasteiger partial charge in [-0.25, -0.2) is 8.42 Å². The van der Waals surface area contributed by atoms with E-state index in [0.29, 0.717) is 24.4 Å². The number of sulfonamides is 1. The summed E-state index contributed by atoms with van der Waals surface area (Å²) in [6.07, 6.45) is 2.10. The molecule has 0 spiro atoms. The van der Waals surface area contributed by atoms with Crippen LogP contribution in [0.1, 0.15) is 25.3 Å². The number of fused-ring (bicyclic) bond motifs is 1. The van der Waals surface area contributed by atoms with Crippen LogP contribution in [0.3, 0.4) is 0 Å². The van der Waals surface area contributed by atoms with Gasteiger partial charge in [0.2, 0.25) is 15.9 Å². The highest BCUT2D eigenvalue weighted by Crippen LogP contribution is 2.35. The van der Waals surface area contributed by atoms with E-state index in [4.69, 9.17) is 23.2 Å². The molecule has 2 aliphatic rings. The number of amides is 1. The fourth-order valence-corrected chi connectivity index (χ4v) is 6.54. The Kier molecular flexibility index (Phi) is 5.64. The molecule has 0 N–H and O–H groups in total. The Balaban J connectivity index is 1.59. The Morgan fingerprint density at radius 1 is 1.14 bits per heavy atom. The van der Waals surface area contributed by atoms with Crippen LogP contribution < -0.4 is 4.90 Å². The third-order valence-corrected chi connectivity index (χ3v) is 8.27. The van der Waals surface area contributed by atoms with E-state index in [1.54, 1.807) is 6.07 Å². The number of hydrogen-bond acceptors (Lipinski definition) is 3. The smallest absolute Gasteiger partial charge is 0.244 e. The maximum Gasteiger partial charge on any atom is 0.244 e. The van der Waals surface area contributed by atoms with E-state index < -0.39 is 10.0 Å². The molecule has 1 amide bonds. The normalized spacial score (nSPS) is 22.5. The summed E-state index contributed by atoms with van der Waals surface area (Å²) in [5.41, 5.74) is 2.09. The maximum absolute atomic E-state index is 13.4. The van der Waals surface area contributed by atoms with Crippen molar-refractivity contribution in [3.63, 3.8) is 0 Å². The monoisotopic (exact) mass is 452 g/mol. The quantitative estimate of drug-likeness (QED) is 0.694. The van der Waals surface area contributed by atoms with E-state index in [-0.39, 0.29) is 34.3 Å². The van der Waals surface area contributed by atoms with Crippen LogP contribution in [0.5, 0.6) is 0 Å². The number of nitrogens with zero attached hydrogens (tertiary/aromatic N) is 2. The summed E-state index contributed by atoms with van der Waals surface area (Å²) in [5, 5.41) is 0.435. The third kappa shape index (κ3) is 3.79. The van der Waals surface area contributed by atoms with E-state index >= 15 is 0 Å². The van der Waals surface area contributed by atoms with Gasteiger partial charge in [-0.05, 0) is 56.0 Å². The van der Waals surface area contributed by atoms with Gasteiger partial charge >= 0.3 is 0 Å². The zero-order valence-corrected chi connectivity index (χ0v) is 18.3. The number of carbonyl (C=O) groups excluding carboxylic acids is 1. The second-order valence-electron chi connectivity index (χ2n) is 7.67. The number of halogens is 2. The topological polar surface area (TPSA) is 57.7 Å². The van der Waals surface area contributed by atoms with Crippen molar-refractivity contribution in [3.8, 4) is 0 Å². The lowest BCUT2D eigenvalue weighted by molar-refractivity contribution is -0.123. The summed E-state index contributed by atoms with van der Waals surface area (Å²) in [6.45, 7) is 2.54. The molecule has 0 aliphatic carbocycles. The summed E-state index contributed by atoms with van der Waals surface area (Å²) >= 11 is 12.1. The van der Waals surface area contributed by atoms with Gasteiger partial charge in [0.25, 0.3) is 0 Å². The van der Waals surface area contributed by atoms with Crippen molar-refractivity contribution in [2.45, 2.75) is 37.1 Å². The first-order valence-electron chi connectivity index (χ1n) is 9.65. The average Bonchev–Trinajstić information content (AvgIpc) is 3.05. The first-order valence-corrected chi connectivity index (χ1v) is 11.8. The van der Waals surface area contributed by atoms with E-state index in [9.17, 15) is 13.2 Å². The van der Waals surface area contributed by atoms with Gasteiger partial charge in [0.05, 0.1) is 10.9 Å². The van der Waals surface area contributed by atoms with Crippen LogP contribution in [0.25, 0.3) is 0 Å². The first-order chi connectivity index (χ1) is 13.8. The minimum atomic E-state index is -3.83. The fraction of sp³-hybridized carbons (Fsp3) is 0.381. The highest BCUT2D eigenvalue weighted by atomic mass is 35.5. The SMILES string of the molecule is C[C@H]1Cc2ccccc2N1C(=O)[C@@H]1CCCN(S(=O)(=O)c2cc(Cl)ccc2Cl)C1. The van der Waals surface area contributed by atoms with Crippen LogP contribution in [-0.2, 0) is 21.2 Å². The molecule has 8 heteroatoms. The minimum Gasteiger partial charge on any atom is -0.309 e. The van der Waals surface area contributed by atoms with Gasteiger partial charge in [-0.2, -0.15) is 4.31 Å². The number of rotatable bonds is 3. The molecule has 2 heterocycles. The van der Waals surface area contributed by atoms with Crippen molar-refractivity contribution in [2.24, 2.45) is 5.92 Å². The van der Waals surface area contributed by atoms with Crippen molar-refractivity contribution in [2.75, 3.05) is 18.0 Å². The Morgan fingerprint density at radius 2 is 1.90 bits per heavy atom. The molecule has 2 atom stereocenters. The Morgan fingerprint density at radius 3 is 2.69 bits per heavy atom. The standard InChI is InChI=1S/C21H22Cl2N2O3S/c1-14-11-15-5-2-3-7-19(15)25(14)21(26)16-6-4-10-24(13-16)29(27,28)20-12-17(22)8-9-18(20)23/h2-3,5,7-9,12,14,16H,4,6,10-11,13H2,1H3/t14-,16+/m0/s1. The van der Waals surface area contributed by atoms with Crippen molar-refractivity contribution >= 4 is 44.8 Å². The molecule has 1 fully saturated rings. The van der Waals surface area contributed by atoms with Gasteiger partial charge < -0.3 is 4.90 Å². The van der Waals surface area contributed by atoms with Crippen LogP contribution in [0, 0.1) is 5.92 Å². The highest BCUT2D eigenvalue weighted by molar-refractivity contribution is 7.89. The summed E-state index contributed by atoms with van der Waals surface area (Å²) < 4.78 is 27.7. The van der Waals surface area contributed by atoms with Crippen LogP contribution in [0.2, 0.25) is 10.0 Å². The number of benzene rings is 2. The van der Waals surface area contributed by atoms with E-state index in [1.165, 1.54) is 16.4 Å². The van der Waals surface area contributed by atoms with Crippen LogP contribution in [0.4, 0.5) is 5.69 Å². The molecule has 1 saturated heterocycles. The third-order valence-electron chi connectivity index (χ3n) is 5.69.